The third kappa shape index (κ3) is 3.33. The Morgan fingerprint density at radius 2 is 1.85 bits per heavy atom. The number of aromatic nitrogens is 2. The first-order valence-corrected chi connectivity index (χ1v) is 8.60. The van der Waals surface area contributed by atoms with Gasteiger partial charge in [0.25, 0.3) is 5.91 Å². The third-order valence-corrected chi connectivity index (χ3v) is 4.60. The summed E-state index contributed by atoms with van der Waals surface area (Å²) in [4.78, 5) is 28.7. The second-order valence-electron chi connectivity index (χ2n) is 6.20. The number of methoxy groups -OCH3 is 1. The Kier molecular flexibility index (Phi) is 4.45. The van der Waals surface area contributed by atoms with E-state index in [4.69, 9.17) is 9.15 Å². The van der Waals surface area contributed by atoms with Crippen LogP contribution in [0.1, 0.15) is 10.4 Å². The van der Waals surface area contributed by atoms with Crippen LogP contribution < -0.4 is 15.3 Å². The van der Waals surface area contributed by atoms with E-state index in [1.807, 2.05) is 23.1 Å². The number of carbonyl (C=O) groups is 1. The first-order chi connectivity index (χ1) is 13.2. The second kappa shape index (κ2) is 7.06. The minimum Gasteiger partial charge on any atom is -0.480 e. The largest absolute Gasteiger partial charge is 0.480 e. The highest BCUT2D eigenvalue weighted by molar-refractivity contribution is 5.96. The topological polar surface area (TPSA) is 88.8 Å². The predicted octanol–water partition coefficient (Wildman–Crippen LogP) is 1.55. The van der Waals surface area contributed by atoms with Crippen LogP contribution >= 0.6 is 0 Å². The second-order valence-corrected chi connectivity index (χ2v) is 6.20. The maximum Gasteiger partial charge on any atom is 0.349 e. The number of para-hydroxylation sites is 1. The van der Waals surface area contributed by atoms with Crippen LogP contribution in [0.4, 0.5) is 5.82 Å². The lowest BCUT2D eigenvalue weighted by Crippen LogP contribution is -2.49. The van der Waals surface area contributed by atoms with E-state index in [0.717, 1.165) is 11.2 Å². The number of anilines is 1. The van der Waals surface area contributed by atoms with Crippen LogP contribution in [0.5, 0.6) is 5.88 Å². The van der Waals surface area contributed by atoms with Crippen molar-refractivity contribution < 1.29 is 13.9 Å². The molecule has 0 atom stereocenters. The summed E-state index contributed by atoms with van der Waals surface area (Å²) in [6, 6.07) is 12.3. The standard InChI is InChI=1S/C19H18N4O4/c1-26-17-7-6-16(20-21-17)22-8-10-23(11-9-22)18(24)14-12-13-4-2-3-5-15(13)27-19(14)25/h2-7,12H,8-11H2,1H3. The van der Waals surface area contributed by atoms with Crippen LogP contribution in [-0.2, 0) is 0 Å². The molecule has 3 heterocycles. The van der Waals surface area contributed by atoms with Gasteiger partial charge < -0.3 is 19.0 Å². The van der Waals surface area contributed by atoms with Gasteiger partial charge in [0, 0.05) is 37.6 Å². The van der Waals surface area contributed by atoms with Crippen molar-refractivity contribution in [3.8, 4) is 5.88 Å². The summed E-state index contributed by atoms with van der Waals surface area (Å²) in [6.07, 6.45) is 0. The average Bonchev–Trinajstić information content (AvgIpc) is 2.73. The number of amides is 1. The zero-order chi connectivity index (χ0) is 18.8. The summed E-state index contributed by atoms with van der Waals surface area (Å²) in [5, 5.41) is 8.83. The summed E-state index contributed by atoms with van der Waals surface area (Å²) in [5.41, 5.74) is -0.0736. The van der Waals surface area contributed by atoms with Crippen molar-refractivity contribution >= 4 is 22.7 Å². The number of piperazine rings is 1. The average molecular weight is 366 g/mol. The smallest absolute Gasteiger partial charge is 0.349 e. The van der Waals surface area contributed by atoms with Crippen molar-refractivity contribution in [3.63, 3.8) is 0 Å². The molecule has 1 aromatic carbocycles. The van der Waals surface area contributed by atoms with Crippen LogP contribution in [0, 0.1) is 0 Å². The maximum absolute atomic E-state index is 12.8. The number of carbonyl (C=O) groups excluding carboxylic acids is 1. The van der Waals surface area contributed by atoms with Gasteiger partial charge in [-0.1, -0.05) is 18.2 Å². The molecule has 0 radical (unpaired) electrons. The Bertz CT molecular complexity index is 1020. The number of rotatable bonds is 3. The molecule has 0 saturated carbocycles. The van der Waals surface area contributed by atoms with Gasteiger partial charge in [0.15, 0.2) is 5.82 Å². The van der Waals surface area contributed by atoms with E-state index in [1.54, 1.807) is 29.2 Å². The van der Waals surface area contributed by atoms with E-state index in [-0.39, 0.29) is 11.5 Å². The van der Waals surface area contributed by atoms with Gasteiger partial charge in [-0.3, -0.25) is 4.79 Å². The fourth-order valence-corrected chi connectivity index (χ4v) is 3.11. The van der Waals surface area contributed by atoms with Gasteiger partial charge in [0.2, 0.25) is 5.88 Å². The lowest BCUT2D eigenvalue weighted by molar-refractivity contribution is 0.0742. The lowest BCUT2D eigenvalue weighted by Gasteiger charge is -2.35. The van der Waals surface area contributed by atoms with Crippen molar-refractivity contribution in [3.05, 3.63) is 58.4 Å². The first-order valence-electron chi connectivity index (χ1n) is 8.60. The van der Waals surface area contributed by atoms with Crippen molar-refractivity contribution in [2.75, 3.05) is 38.2 Å². The Labute approximate surface area is 155 Å². The first kappa shape index (κ1) is 17.0. The highest BCUT2D eigenvalue weighted by atomic mass is 16.5. The van der Waals surface area contributed by atoms with Crippen LogP contribution in [0.3, 0.4) is 0 Å². The number of benzene rings is 1. The Morgan fingerprint density at radius 1 is 1.07 bits per heavy atom. The molecular formula is C19H18N4O4. The SMILES string of the molecule is COc1ccc(N2CCN(C(=O)c3cc4ccccc4oc3=O)CC2)nn1. The molecule has 1 amide bonds. The Morgan fingerprint density at radius 3 is 2.56 bits per heavy atom. The fourth-order valence-electron chi connectivity index (χ4n) is 3.11. The van der Waals surface area contributed by atoms with E-state index in [0.29, 0.717) is 37.6 Å². The van der Waals surface area contributed by atoms with Crippen LogP contribution in [0.15, 0.2) is 51.7 Å². The highest BCUT2D eigenvalue weighted by Crippen LogP contribution is 2.17. The van der Waals surface area contributed by atoms with Crippen molar-refractivity contribution in [1.82, 2.24) is 15.1 Å². The van der Waals surface area contributed by atoms with Crippen LogP contribution in [0.25, 0.3) is 11.0 Å². The Hall–Kier alpha value is -3.42. The number of nitrogens with zero attached hydrogens (tertiary/aromatic N) is 4. The number of hydrogen-bond donors (Lipinski definition) is 0. The summed E-state index contributed by atoms with van der Waals surface area (Å²) in [5.74, 6) is 0.874. The van der Waals surface area contributed by atoms with Gasteiger partial charge in [-0.2, -0.15) is 0 Å². The van der Waals surface area contributed by atoms with Crippen molar-refractivity contribution in [2.45, 2.75) is 0 Å². The summed E-state index contributed by atoms with van der Waals surface area (Å²) < 4.78 is 10.3. The van der Waals surface area contributed by atoms with Gasteiger partial charge in [-0.15, -0.1) is 10.2 Å². The molecular weight excluding hydrogens is 348 g/mol. The van der Waals surface area contributed by atoms with Crippen molar-refractivity contribution in [1.29, 1.82) is 0 Å². The van der Waals surface area contributed by atoms with E-state index in [1.165, 1.54) is 7.11 Å². The molecule has 8 heteroatoms. The van der Waals surface area contributed by atoms with E-state index in [2.05, 4.69) is 10.2 Å². The van der Waals surface area contributed by atoms with Crippen molar-refractivity contribution in [2.24, 2.45) is 0 Å². The predicted molar refractivity (Wildman–Crippen MR) is 99.2 cm³/mol. The van der Waals surface area contributed by atoms with Crippen LogP contribution in [-0.4, -0.2) is 54.3 Å². The summed E-state index contributed by atoms with van der Waals surface area (Å²) in [7, 11) is 1.54. The number of hydrogen-bond acceptors (Lipinski definition) is 7. The minimum absolute atomic E-state index is 0.0615. The third-order valence-electron chi connectivity index (χ3n) is 4.60. The molecule has 3 aromatic rings. The molecule has 0 unspecified atom stereocenters. The zero-order valence-electron chi connectivity index (χ0n) is 14.8. The van der Waals surface area contributed by atoms with Gasteiger partial charge in [-0.05, 0) is 18.2 Å². The zero-order valence-corrected chi connectivity index (χ0v) is 14.8. The van der Waals surface area contributed by atoms with E-state index >= 15 is 0 Å². The molecule has 1 aliphatic rings. The molecule has 2 aromatic heterocycles. The monoisotopic (exact) mass is 366 g/mol. The molecule has 0 aliphatic carbocycles. The van der Waals surface area contributed by atoms with Gasteiger partial charge in [0.1, 0.15) is 11.1 Å². The number of ether oxygens (including phenoxy) is 1. The molecule has 1 fully saturated rings. The molecule has 138 valence electrons. The molecule has 1 saturated heterocycles. The van der Waals surface area contributed by atoms with Gasteiger partial charge >= 0.3 is 5.63 Å². The molecule has 1 aliphatic heterocycles. The quantitative estimate of drug-likeness (QED) is 0.650. The highest BCUT2D eigenvalue weighted by Gasteiger charge is 2.25. The molecule has 8 nitrogen and oxygen atoms in total. The number of fused-ring (bicyclic) bond motifs is 1. The molecule has 0 N–H and O–H groups in total. The van der Waals surface area contributed by atoms with Gasteiger partial charge in [-0.25, -0.2) is 4.79 Å². The molecule has 0 bridgehead atoms. The lowest BCUT2D eigenvalue weighted by atomic mass is 10.1. The van der Waals surface area contributed by atoms with E-state index < -0.39 is 5.63 Å². The van der Waals surface area contributed by atoms with Crippen LogP contribution in [0.2, 0.25) is 0 Å². The normalized spacial score (nSPS) is 14.4. The minimum atomic E-state index is -0.609. The fraction of sp³-hybridized carbons (Fsp3) is 0.263. The Balaban J connectivity index is 1.48. The van der Waals surface area contributed by atoms with Gasteiger partial charge in [0.05, 0.1) is 7.11 Å². The summed E-state index contributed by atoms with van der Waals surface area (Å²) in [6.45, 7) is 2.18. The maximum atomic E-state index is 12.8. The van der Waals surface area contributed by atoms with E-state index in [9.17, 15) is 9.59 Å². The summed E-state index contributed by atoms with van der Waals surface area (Å²) >= 11 is 0. The molecule has 4 rings (SSSR count). The molecule has 27 heavy (non-hydrogen) atoms. The molecule has 0 spiro atoms.